The molecule has 0 unspecified atom stereocenters. The molecule has 1 aliphatic carbocycles. The van der Waals surface area contributed by atoms with Crippen LogP contribution >= 0.6 is 11.3 Å². The molecule has 1 aliphatic rings. The van der Waals surface area contributed by atoms with Crippen molar-refractivity contribution >= 4 is 21.6 Å². The molecule has 4 heteroatoms. The number of ether oxygens (including phenoxy) is 1. The van der Waals surface area contributed by atoms with Crippen LogP contribution in [0.1, 0.15) is 24.8 Å². The third-order valence-electron chi connectivity index (χ3n) is 3.38. The Labute approximate surface area is 111 Å². The summed E-state index contributed by atoms with van der Waals surface area (Å²) >= 11 is 1.78. The maximum atomic E-state index is 5.56. The van der Waals surface area contributed by atoms with Gasteiger partial charge in [0.2, 0.25) is 0 Å². The topological polar surface area (TPSA) is 34.1 Å². The molecule has 0 amide bonds. The molecule has 0 radical (unpaired) electrons. The van der Waals surface area contributed by atoms with Crippen molar-refractivity contribution in [1.82, 2.24) is 10.3 Å². The highest BCUT2D eigenvalue weighted by molar-refractivity contribution is 7.18. The van der Waals surface area contributed by atoms with Crippen LogP contribution in [0.4, 0.5) is 0 Å². The van der Waals surface area contributed by atoms with E-state index in [4.69, 9.17) is 4.74 Å². The van der Waals surface area contributed by atoms with E-state index in [9.17, 15) is 0 Å². The molecule has 0 atom stereocenters. The van der Waals surface area contributed by atoms with Gasteiger partial charge in [-0.05, 0) is 31.9 Å². The van der Waals surface area contributed by atoms with Gasteiger partial charge in [0.05, 0.1) is 16.3 Å². The predicted molar refractivity (Wildman–Crippen MR) is 74.9 cm³/mol. The first kappa shape index (κ1) is 12.1. The summed E-state index contributed by atoms with van der Waals surface area (Å²) in [7, 11) is 0. The first-order valence-corrected chi connectivity index (χ1v) is 7.36. The van der Waals surface area contributed by atoms with Crippen molar-refractivity contribution in [3.63, 3.8) is 0 Å². The summed E-state index contributed by atoms with van der Waals surface area (Å²) in [5.41, 5.74) is 1.11. The molecule has 3 nitrogen and oxygen atoms in total. The van der Waals surface area contributed by atoms with E-state index in [1.807, 2.05) is 6.07 Å². The Morgan fingerprint density at radius 3 is 3.00 bits per heavy atom. The summed E-state index contributed by atoms with van der Waals surface area (Å²) in [6, 6.07) is 8.91. The van der Waals surface area contributed by atoms with Crippen molar-refractivity contribution in [2.45, 2.75) is 38.5 Å². The molecule has 1 heterocycles. The van der Waals surface area contributed by atoms with Crippen molar-refractivity contribution in [2.24, 2.45) is 0 Å². The lowest BCUT2D eigenvalue weighted by molar-refractivity contribution is -0.0102. The van der Waals surface area contributed by atoms with Crippen LogP contribution in [0.15, 0.2) is 24.3 Å². The molecule has 1 aromatic carbocycles. The third-order valence-corrected chi connectivity index (χ3v) is 4.41. The Bertz CT molecular complexity index is 486. The van der Waals surface area contributed by atoms with E-state index in [0.29, 0.717) is 12.1 Å². The molecule has 18 heavy (non-hydrogen) atoms. The fraction of sp³-hybridized carbons (Fsp3) is 0.500. The third kappa shape index (κ3) is 2.55. The van der Waals surface area contributed by atoms with Gasteiger partial charge >= 0.3 is 0 Å². The first-order valence-electron chi connectivity index (χ1n) is 6.54. The fourth-order valence-corrected chi connectivity index (χ4v) is 3.25. The summed E-state index contributed by atoms with van der Waals surface area (Å²) in [6.45, 7) is 3.76. The minimum absolute atomic E-state index is 0.475. The van der Waals surface area contributed by atoms with Crippen LogP contribution in [-0.2, 0) is 11.3 Å². The second-order valence-corrected chi connectivity index (χ2v) is 5.82. The van der Waals surface area contributed by atoms with Crippen molar-refractivity contribution < 1.29 is 4.74 Å². The van der Waals surface area contributed by atoms with Gasteiger partial charge in [-0.15, -0.1) is 11.3 Å². The molecule has 1 fully saturated rings. The van der Waals surface area contributed by atoms with Crippen LogP contribution in [0.5, 0.6) is 0 Å². The number of nitrogens with one attached hydrogen (secondary N) is 1. The van der Waals surface area contributed by atoms with E-state index in [-0.39, 0.29) is 0 Å². The van der Waals surface area contributed by atoms with Gasteiger partial charge in [-0.1, -0.05) is 12.1 Å². The van der Waals surface area contributed by atoms with Crippen molar-refractivity contribution in [3.8, 4) is 0 Å². The summed E-state index contributed by atoms with van der Waals surface area (Å²) in [6.07, 6.45) is 2.75. The molecule has 0 saturated heterocycles. The highest BCUT2D eigenvalue weighted by Gasteiger charge is 2.28. The van der Waals surface area contributed by atoms with Crippen LogP contribution in [0.2, 0.25) is 0 Å². The number of para-hydroxylation sites is 1. The largest absolute Gasteiger partial charge is 0.378 e. The highest BCUT2D eigenvalue weighted by Crippen LogP contribution is 2.25. The second kappa shape index (κ2) is 5.34. The Hall–Kier alpha value is -0.970. The SMILES string of the molecule is CCOC1CC(NCc2nc3ccccc3s2)C1. The van der Waals surface area contributed by atoms with Crippen molar-refractivity contribution in [2.75, 3.05) is 6.61 Å². The minimum Gasteiger partial charge on any atom is -0.378 e. The van der Waals surface area contributed by atoms with E-state index in [1.165, 1.54) is 9.71 Å². The molecule has 1 saturated carbocycles. The summed E-state index contributed by atoms with van der Waals surface area (Å²) in [5.74, 6) is 0. The molecule has 1 N–H and O–H groups in total. The van der Waals surface area contributed by atoms with Gasteiger partial charge in [-0.3, -0.25) is 0 Å². The van der Waals surface area contributed by atoms with Gasteiger partial charge in [-0.25, -0.2) is 4.98 Å². The van der Waals surface area contributed by atoms with Crippen LogP contribution in [-0.4, -0.2) is 23.7 Å². The highest BCUT2D eigenvalue weighted by atomic mass is 32.1. The number of hydrogen-bond acceptors (Lipinski definition) is 4. The molecule has 2 aromatic rings. The number of nitrogens with zero attached hydrogens (tertiary/aromatic N) is 1. The molecule has 0 bridgehead atoms. The van der Waals surface area contributed by atoms with Crippen LogP contribution < -0.4 is 5.32 Å². The minimum atomic E-state index is 0.475. The summed E-state index contributed by atoms with van der Waals surface area (Å²) < 4.78 is 6.83. The lowest BCUT2D eigenvalue weighted by Gasteiger charge is -2.35. The quantitative estimate of drug-likeness (QED) is 0.899. The molecular weight excluding hydrogens is 244 g/mol. The van der Waals surface area contributed by atoms with Gasteiger partial charge in [0, 0.05) is 19.2 Å². The van der Waals surface area contributed by atoms with Crippen molar-refractivity contribution in [3.05, 3.63) is 29.3 Å². The number of benzene rings is 1. The number of thiazole rings is 1. The van der Waals surface area contributed by atoms with Gasteiger partial charge in [-0.2, -0.15) is 0 Å². The smallest absolute Gasteiger partial charge is 0.108 e. The van der Waals surface area contributed by atoms with E-state index < -0.39 is 0 Å². The summed E-state index contributed by atoms with van der Waals surface area (Å²) in [5, 5.41) is 4.73. The van der Waals surface area contributed by atoms with Gasteiger partial charge in [0.15, 0.2) is 0 Å². The lowest BCUT2D eigenvalue weighted by atomic mass is 9.89. The van der Waals surface area contributed by atoms with E-state index >= 15 is 0 Å². The normalized spacial score (nSPS) is 23.2. The average molecular weight is 262 g/mol. The van der Waals surface area contributed by atoms with Gasteiger partial charge < -0.3 is 10.1 Å². The first-order chi connectivity index (χ1) is 8.85. The number of hydrogen-bond donors (Lipinski definition) is 1. The Morgan fingerprint density at radius 1 is 1.39 bits per heavy atom. The molecule has 1 aromatic heterocycles. The molecule has 0 spiro atoms. The molecular formula is C14H18N2OS. The maximum Gasteiger partial charge on any atom is 0.108 e. The monoisotopic (exact) mass is 262 g/mol. The predicted octanol–water partition coefficient (Wildman–Crippen LogP) is 2.95. The molecule has 0 aliphatic heterocycles. The molecule has 96 valence electrons. The molecule has 3 rings (SSSR count). The Balaban J connectivity index is 1.52. The standard InChI is InChI=1S/C14H18N2OS/c1-2-17-11-7-10(8-11)15-9-14-16-12-5-3-4-6-13(12)18-14/h3-6,10-11,15H,2,7-9H2,1H3. The Morgan fingerprint density at radius 2 is 2.22 bits per heavy atom. The van der Waals surface area contributed by atoms with Gasteiger partial charge in [0.25, 0.3) is 0 Å². The summed E-state index contributed by atoms with van der Waals surface area (Å²) in [4.78, 5) is 4.62. The van der Waals surface area contributed by atoms with Crippen LogP contribution in [0, 0.1) is 0 Å². The zero-order chi connectivity index (χ0) is 12.4. The zero-order valence-corrected chi connectivity index (χ0v) is 11.4. The van der Waals surface area contributed by atoms with Gasteiger partial charge in [0.1, 0.15) is 5.01 Å². The van der Waals surface area contributed by atoms with Crippen molar-refractivity contribution in [1.29, 1.82) is 0 Å². The van der Waals surface area contributed by atoms with E-state index in [0.717, 1.165) is 31.5 Å². The Kier molecular flexibility index (Phi) is 3.59. The van der Waals surface area contributed by atoms with E-state index in [1.54, 1.807) is 11.3 Å². The lowest BCUT2D eigenvalue weighted by Crippen LogP contribution is -2.45. The second-order valence-electron chi connectivity index (χ2n) is 4.70. The van der Waals surface area contributed by atoms with Crippen LogP contribution in [0.25, 0.3) is 10.2 Å². The fourth-order valence-electron chi connectivity index (χ4n) is 2.33. The maximum absolute atomic E-state index is 5.56. The number of rotatable bonds is 5. The average Bonchev–Trinajstić information content (AvgIpc) is 2.74. The van der Waals surface area contributed by atoms with Crippen LogP contribution in [0.3, 0.4) is 0 Å². The number of fused-ring (bicyclic) bond motifs is 1. The zero-order valence-electron chi connectivity index (χ0n) is 10.6. The number of aromatic nitrogens is 1. The van der Waals surface area contributed by atoms with E-state index in [2.05, 4.69) is 35.4 Å².